The van der Waals surface area contributed by atoms with Crippen LogP contribution in [0.1, 0.15) is 25.5 Å². The number of rotatable bonds is 6. The first-order valence-electron chi connectivity index (χ1n) is 6.76. The average molecular weight is 258 g/mol. The van der Waals surface area contributed by atoms with Crippen molar-refractivity contribution in [2.75, 3.05) is 6.61 Å². The summed E-state index contributed by atoms with van der Waals surface area (Å²) in [7, 11) is 0. The monoisotopic (exact) mass is 258 g/mol. The molecule has 2 aromatic rings. The summed E-state index contributed by atoms with van der Waals surface area (Å²) in [5.74, 6) is 1.72. The molecule has 1 saturated carbocycles. The maximum atomic E-state index is 5.51. The molecule has 1 aromatic heterocycles. The minimum absolute atomic E-state index is 0.671. The molecule has 0 saturated heterocycles. The molecule has 0 atom stereocenters. The Morgan fingerprint density at radius 3 is 2.79 bits per heavy atom. The van der Waals surface area contributed by atoms with Crippen LogP contribution in [-0.4, -0.2) is 17.6 Å². The molecule has 0 radical (unpaired) electrons. The van der Waals surface area contributed by atoms with E-state index >= 15 is 0 Å². The van der Waals surface area contributed by atoms with Crippen molar-refractivity contribution in [1.29, 1.82) is 0 Å². The number of ether oxygens (including phenoxy) is 1. The van der Waals surface area contributed by atoms with Crippen molar-refractivity contribution in [3.8, 4) is 17.1 Å². The zero-order valence-corrected chi connectivity index (χ0v) is 11.1. The quantitative estimate of drug-likeness (QED) is 0.865. The zero-order valence-electron chi connectivity index (χ0n) is 11.1. The SMILES string of the molecule is CCOc1ccc(-c2ocnc2CNC2CC2)cc1. The lowest BCUT2D eigenvalue weighted by atomic mass is 10.1. The molecule has 1 aromatic carbocycles. The highest BCUT2D eigenvalue weighted by molar-refractivity contribution is 5.60. The topological polar surface area (TPSA) is 47.3 Å². The lowest BCUT2D eigenvalue weighted by molar-refractivity contribution is 0.340. The van der Waals surface area contributed by atoms with Gasteiger partial charge in [0, 0.05) is 18.2 Å². The number of hydrogen-bond acceptors (Lipinski definition) is 4. The van der Waals surface area contributed by atoms with Crippen LogP contribution in [0.4, 0.5) is 0 Å². The van der Waals surface area contributed by atoms with E-state index in [4.69, 9.17) is 9.15 Å². The summed E-state index contributed by atoms with van der Waals surface area (Å²) in [6.07, 6.45) is 4.06. The highest BCUT2D eigenvalue weighted by Gasteiger charge is 2.21. The third-order valence-corrected chi connectivity index (χ3v) is 3.20. The molecular weight excluding hydrogens is 240 g/mol. The average Bonchev–Trinajstić information content (AvgIpc) is 3.15. The van der Waals surface area contributed by atoms with E-state index in [1.165, 1.54) is 19.2 Å². The van der Waals surface area contributed by atoms with Crippen molar-refractivity contribution >= 4 is 0 Å². The van der Waals surface area contributed by atoms with Gasteiger partial charge in [-0.2, -0.15) is 0 Å². The van der Waals surface area contributed by atoms with E-state index in [-0.39, 0.29) is 0 Å². The van der Waals surface area contributed by atoms with Gasteiger partial charge in [-0.15, -0.1) is 0 Å². The summed E-state index contributed by atoms with van der Waals surface area (Å²) in [6, 6.07) is 8.60. The lowest BCUT2D eigenvalue weighted by Gasteiger charge is -2.05. The number of hydrogen-bond donors (Lipinski definition) is 1. The Bertz CT molecular complexity index is 529. The van der Waals surface area contributed by atoms with Crippen LogP contribution in [0.2, 0.25) is 0 Å². The normalized spacial score (nSPS) is 14.6. The fraction of sp³-hybridized carbons (Fsp3) is 0.400. The van der Waals surface area contributed by atoms with Crippen molar-refractivity contribution < 1.29 is 9.15 Å². The fourth-order valence-corrected chi connectivity index (χ4v) is 2.03. The molecule has 0 bridgehead atoms. The van der Waals surface area contributed by atoms with Crippen LogP contribution in [0.25, 0.3) is 11.3 Å². The first-order valence-corrected chi connectivity index (χ1v) is 6.76. The standard InChI is InChI=1S/C15H18N2O2/c1-2-18-13-7-3-11(4-8-13)15-14(17-10-19-15)9-16-12-5-6-12/h3-4,7-8,10,12,16H,2,5-6,9H2,1H3. The smallest absolute Gasteiger partial charge is 0.181 e. The van der Waals surface area contributed by atoms with Gasteiger partial charge in [0.15, 0.2) is 12.2 Å². The van der Waals surface area contributed by atoms with Crippen molar-refractivity contribution in [3.05, 3.63) is 36.4 Å². The van der Waals surface area contributed by atoms with E-state index in [9.17, 15) is 0 Å². The van der Waals surface area contributed by atoms with Gasteiger partial charge in [-0.05, 0) is 44.0 Å². The lowest BCUT2D eigenvalue weighted by Crippen LogP contribution is -2.15. The molecule has 1 heterocycles. The predicted molar refractivity (Wildman–Crippen MR) is 73.0 cm³/mol. The number of nitrogens with one attached hydrogen (secondary N) is 1. The van der Waals surface area contributed by atoms with E-state index in [1.807, 2.05) is 31.2 Å². The fourth-order valence-electron chi connectivity index (χ4n) is 2.03. The Morgan fingerprint density at radius 2 is 2.11 bits per heavy atom. The second kappa shape index (κ2) is 5.45. The molecule has 0 spiro atoms. The first-order chi connectivity index (χ1) is 9.36. The van der Waals surface area contributed by atoms with Crippen molar-refractivity contribution in [2.24, 2.45) is 0 Å². The number of benzene rings is 1. The molecule has 1 fully saturated rings. The molecule has 1 aliphatic carbocycles. The number of oxazole rings is 1. The summed E-state index contributed by atoms with van der Waals surface area (Å²) < 4.78 is 10.9. The second-order valence-electron chi connectivity index (χ2n) is 4.74. The van der Waals surface area contributed by atoms with Gasteiger partial charge in [-0.1, -0.05) is 0 Å². The molecular formula is C15H18N2O2. The van der Waals surface area contributed by atoms with Gasteiger partial charge >= 0.3 is 0 Å². The largest absolute Gasteiger partial charge is 0.494 e. The van der Waals surface area contributed by atoms with E-state index in [0.29, 0.717) is 12.6 Å². The van der Waals surface area contributed by atoms with Gasteiger partial charge < -0.3 is 14.5 Å². The van der Waals surface area contributed by atoms with E-state index in [2.05, 4.69) is 10.3 Å². The van der Waals surface area contributed by atoms with Crippen LogP contribution < -0.4 is 10.1 Å². The van der Waals surface area contributed by atoms with Gasteiger partial charge in [-0.25, -0.2) is 4.98 Å². The number of aromatic nitrogens is 1. The zero-order chi connectivity index (χ0) is 13.1. The molecule has 0 aliphatic heterocycles. The summed E-state index contributed by atoms with van der Waals surface area (Å²) in [5, 5.41) is 3.45. The minimum atomic E-state index is 0.671. The minimum Gasteiger partial charge on any atom is -0.494 e. The third kappa shape index (κ3) is 2.96. The summed E-state index contributed by atoms with van der Waals surface area (Å²) >= 11 is 0. The molecule has 4 heteroatoms. The Hall–Kier alpha value is -1.81. The summed E-state index contributed by atoms with van der Waals surface area (Å²) in [5.41, 5.74) is 2.00. The second-order valence-corrected chi connectivity index (χ2v) is 4.74. The summed E-state index contributed by atoms with van der Waals surface area (Å²) in [4.78, 5) is 4.29. The Kier molecular flexibility index (Phi) is 3.51. The van der Waals surface area contributed by atoms with Crippen LogP contribution in [0.3, 0.4) is 0 Å². The molecule has 0 unspecified atom stereocenters. The predicted octanol–water partition coefficient (Wildman–Crippen LogP) is 2.99. The molecule has 0 amide bonds. The molecule has 4 nitrogen and oxygen atoms in total. The molecule has 3 rings (SSSR count). The van der Waals surface area contributed by atoms with Crippen LogP contribution in [0.5, 0.6) is 5.75 Å². The molecule has 100 valence electrons. The molecule has 1 N–H and O–H groups in total. The van der Waals surface area contributed by atoms with Crippen molar-refractivity contribution in [2.45, 2.75) is 32.4 Å². The maximum absolute atomic E-state index is 5.51. The summed E-state index contributed by atoms with van der Waals surface area (Å²) in [6.45, 7) is 3.42. The highest BCUT2D eigenvalue weighted by Crippen LogP contribution is 2.26. The van der Waals surface area contributed by atoms with E-state index in [1.54, 1.807) is 0 Å². The number of nitrogens with zero attached hydrogens (tertiary/aromatic N) is 1. The maximum Gasteiger partial charge on any atom is 0.181 e. The molecule has 1 aliphatic rings. The van der Waals surface area contributed by atoms with Gasteiger partial charge in [-0.3, -0.25) is 0 Å². The Balaban J connectivity index is 1.74. The van der Waals surface area contributed by atoms with Gasteiger partial charge in [0.1, 0.15) is 11.4 Å². The Labute approximate surface area is 112 Å². The third-order valence-electron chi connectivity index (χ3n) is 3.20. The molecule has 19 heavy (non-hydrogen) atoms. The van der Waals surface area contributed by atoms with Gasteiger partial charge in [0.25, 0.3) is 0 Å². The highest BCUT2D eigenvalue weighted by atomic mass is 16.5. The van der Waals surface area contributed by atoms with Crippen LogP contribution in [-0.2, 0) is 6.54 Å². The van der Waals surface area contributed by atoms with Crippen LogP contribution in [0, 0.1) is 0 Å². The van der Waals surface area contributed by atoms with Crippen molar-refractivity contribution in [3.63, 3.8) is 0 Å². The van der Waals surface area contributed by atoms with E-state index < -0.39 is 0 Å². The first kappa shape index (κ1) is 12.2. The van der Waals surface area contributed by atoms with E-state index in [0.717, 1.165) is 29.3 Å². The van der Waals surface area contributed by atoms with Crippen molar-refractivity contribution in [1.82, 2.24) is 10.3 Å². The van der Waals surface area contributed by atoms with Crippen LogP contribution >= 0.6 is 0 Å². The van der Waals surface area contributed by atoms with Gasteiger partial charge in [0.2, 0.25) is 0 Å². The van der Waals surface area contributed by atoms with Crippen LogP contribution in [0.15, 0.2) is 35.1 Å². The van der Waals surface area contributed by atoms with Gasteiger partial charge in [0.05, 0.1) is 6.61 Å². The Morgan fingerprint density at radius 1 is 1.32 bits per heavy atom.